The summed E-state index contributed by atoms with van der Waals surface area (Å²) >= 11 is 6.03. The van der Waals surface area contributed by atoms with Crippen molar-refractivity contribution in [2.75, 3.05) is 25.0 Å². The van der Waals surface area contributed by atoms with E-state index in [2.05, 4.69) is 29.1 Å². The number of pyridine rings is 1. The maximum atomic E-state index is 6.03. The Labute approximate surface area is 170 Å². The lowest BCUT2D eigenvalue weighted by molar-refractivity contribution is 0.333. The van der Waals surface area contributed by atoms with Gasteiger partial charge in [-0.1, -0.05) is 25.4 Å². The largest absolute Gasteiger partial charge is 0.492 e. The molecule has 0 spiro atoms. The number of halogens is 1. The summed E-state index contributed by atoms with van der Waals surface area (Å²) in [4.78, 5) is 8.74. The van der Waals surface area contributed by atoms with E-state index in [1.165, 1.54) is 0 Å². The summed E-state index contributed by atoms with van der Waals surface area (Å²) in [7, 11) is 0. The van der Waals surface area contributed by atoms with Gasteiger partial charge in [-0.05, 0) is 54.4 Å². The smallest absolute Gasteiger partial charge is 0.125 e. The summed E-state index contributed by atoms with van der Waals surface area (Å²) in [5.74, 6) is 1.85. The maximum absolute atomic E-state index is 6.03. The molecule has 2 aromatic carbocycles. The Morgan fingerprint density at radius 2 is 1.96 bits per heavy atom. The molecule has 0 aliphatic heterocycles. The standard InChI is InChI=1S/C22H25ClN4O/c1-15(2)14-27-22(24)16-3-6-18(7-4-16)28-12-11-26-20-9-10-25-21-13-17(23)5-8-19(20)21/h3-10,13,15H,11-12,14H2,1-2H3,(H2,24,27)(H,25,26). The monoisotopic (exact) mass is 396 g/mol. The van der Waals surface area contributed by atoms with Crippen molar-refractivity contribution >= 4 is 34.0 Å². The molecule has 0 radical (unpaired) electrons. The summed E-state index contributed by atoms with van der Waals surface area (Å²) in [6.45, 7) is 6.16. The Kier molecular flexibility index (Phi) is 6.71. The molecule has 5 nitrogen and oxygen atoms in total. The molecule has 28 heavy (non-hydrogen) atoms. The highest BCUT2D eigenvalue weighted by Gasteiger charge is 2.03. The van der Waals surface area contributed by atoms with Crippen molar-refractivity contribution in [3.05, 3.63) is 65.3 Å². The van der Waals surface area contributed by atoms with Crippen LogP contribution in [-0.4, -0.2) is 30.5 Å². The van der Waals surface area contributed by atoms with E-state index in [1.807, 2.05) is 48.5 Å². The van der Waals surface area contributed by atoms with Gasteiger partial charge in [0.15, 0.2) is 0 Å². The van der Waals surface area contributed by atoms with Gasteiger partial charge >= 0.3 is 0 Å². The molecule has 0 aliphatic carbocycles. The van der Waals surface area contributed by atoms with E-state index in [-0.39, 0.29) is 0 Å². The molecule has 6 heteroatoms. The molecule has 1 heterocycles. The third-order valence-corrected chi connectivity index (χ3v) is 4.40. The Bertz CT molecular complexity index is 954. The summed E-state index contributed by atoms with van der Waals surface area (Å²) < 4.78 is 5.81. The van der Waals surface area contributed by atoms with Crippen LogP contribution in [0.3, 0.4) is 0 Å². The first-order chi connectivity index (χ1) is 13.5. The first kappa shape index (κ1) is 20.0. The lowest BCUT2D eigenvalue weighted by atomic mass is 10.2. The molecule has 0 saturated carbocycles. The topological polar surface area (TPSA) is 72.5 Å². The minimum Gasteiger partial charge on any atom is -0.492 e. The SMILES string of the molecule is CC(C)CN=C(N)c1ccc(OCCNc2ccnc3cc(Cl)ccc23)cc1. The van der Waals surface area contributed by atoms with E-state index in [0.717, 1.165) is 34.4 Å². The van der Waals surface area contributed by atoms with E-state index in [9.17, 15) is 0 Å². The molecule has 0 unspecified atom stereocenters. The second-order valence-electron chi connectivity index (χ2n) is 6.94. The molecular formula is C22H25ClN4O. The van der Waals surface area contributed by atoms with Crippen molar-refractivity contribution in [3.8, 4) is 5.75 Å². The molecule has 0 fully saturated rings. The van der Waals surface area contributed by atoms with Crippen LogP contribution in [0.2, 0.25) is 5.02 Å². The maximum Gasteiger partial charge on any atom is 0.125 e. The average Bonchev–Trinajstić information content (AvgIpc) is 2.69. The van der Waals surface area contributed by atoms with Crippen molar-refractivity contribution in [1.82, 2.24) is 4.98 Å². The molecule has 3 aromatic rings. The van der Waals surface area contributed by atoms with Crippen LogP contribution in [0.25, 0.3) is 10.9 Å². The normalized spacial score (nSPS) is 11.8. The number of aromatic nitrogens is 1. The van der Waals surface area contributed by atoms with Crippen LogP contribution in [-0.2, 0) is 0 Å². The van der Waals surface area contributed by atoms with E-state index < -0.39 is 0 Å². The number of nitrogens with zero attached hydrogens (tertiary/aromatic N) is 2. The number of hydrogen-bond acceptors (Lipinski definition) is 4. The van der Waals surface area contributed by atoms with Gasteiger partial charge < -0.3 is 15.8 Å². The van der Waals surface area contributed by atoms with Crippen LogP contribution in [0, 0.1) is 5.92 Å². The fourth-order valence-electron chi connectivity index (χ4n) is 2.72. The third-order valence-electron chi connectivity index (χ3n) is 4.17. The zero-order chi connectivity index (χ0) is 19.9. The Morgan fingerprint density at radius 3 is 2.71 bits per heavy atom. The average molecular weight is 397 g/mol. The highest BCUT2D eigenvalue weighted by molar-refractivity contribution is 6.31. The lowest BCUT2D eigenvalue weighted by Crippen LogP contribution is -2.15. The number of ether oxygens (including phenoxy) is 1. The zero-order valence-electron chi connectivity index (χ0n) is 16.2. The number of benzene rings is 2. The van der Waals surface area contributed by atoms with Gasteiger partial charge in [0.1, 0.15) is 18.2 Å². The number of fused-ring (bicyclic) bond motifs is 1. The summed E-state index contributed by atoms with van der Waals surface area (Å²) in [6, 6.07) is 15.3. The highest BCUT2D eigenvalue weighted by Crippen LogP contribution is 2.24. The summed E-state index contributed by atoms with van der Waals surface area (Å²) in [5.41, 5.74) is 8.81. The summed E-state index contributed by atoms with van der Waals surface area (Å²) in [5, 5.41) is 5.10. The van der Waals surface area contributed by atoms with Crippen LogP contribution in [0.4, 0.5) is 5.69 Å². The van der Waals surface area contributed by atoms with Gasteiger partial charge in [-0.3, -0.25) is 9.98 Å². The number of aliphatic imine (C=N–C) groups is 1. The second-order valence-corrected chi connectivity index (χ2v) is 7.38. The van der Waals surface area contributed by atoms with Gasteiger partial charge in [-0.2, -0.15) is 0 Å². The van der Waals surface area contributed by atoms with Gasteiger partial charge in [-0.15, -0.1) is 0 Å². The quantitative estimate of drug-likeness (QED) is 0.327. The number of nitrogens with two attached hydrogens (primary N) is 1. The molecule has 0 atom stereocenters. The first-order valence-electron chi connectivity index (χ1n) is 9.34. The molecule has 146 valence electrons. The second kappa shape index (κ2) is 9.42. The van der Waals surface area contributed by atoms with Gasteiger partial charge in [0.05, 0.1) is 5.52 Å². The van der Waals surface area contributed by atoms with Gasteiger partial charge in [-0.25, -0.2) is 0 Å². The minimum atomic E-state index is 0.489. The molecule has 0 bridgehead atoms. The molecule has 0 saturated heterocycles. The zero-order valence-corrected chi connectivity index (χ0v) is 16.9. The molecule has 0 amide bonds. The predicted octanol–water partition coefficient (Wildman–Crippen LogP) is 4.74. The number of hydrogen-bond donors (Lipinski definition) is 2. The van der Waals surface area contributed by atoms with Crippen LogP contribution >= 0.6 is 11.6 Å². The fourth-order valence-corrected chi connectivity index (χ4v) is 2.89. The molecule has 0 aliphatic rings. The highest BCUT2D eigenvalue weighted by atomic mass is 35.5. The number of amidine groups is 1. The van der Waals surface area contributed by atoms with Crippen LogP contribution in [0.15, 0.2) is 59.7 Å². The number of nitrogens with one attached hydrogen (secondary N) is 1. The Morgan fingerprint density at radius 1 is 1.18 bits per heavy atom. The first-order valence-corrected chi connectivity index (χ1v) is 9.72. The lowest BCUT2D eigenvalue weighted by Gasteiger charge is -2.11. The van der Waals surface area contributed by atoms with Crippen molar-refractivity contribution in [3.63, 3.8) is 0 Å². The minimum absolute atomic E-state index is 0.489. The van der Waals surface area contributed by atoms with Crippen LogP contribution in [0.1, 0.15) is 19.4 Å². The fraction of sp³-hybridized carbons (Fsp3) is 0.273. The van der Waals surface area contributed by atoms with E-state index in [1.54, 1.807) is 6.20 Å². The van der Waals surface area contributed by atoms with E-state index in [0.29, 0.717) is 29.9 Å². The van der Waals surface area contributed by atoms with Crippen LogP contribution in [0.5, 0.6) is 5.75 Å². The molecule has 1 aromatic heterocycles. The van der Waals surface area contributed by atoms with Crippen LogP contribution < -0.4 is 15.8 Å². The van der Waals surface area contributed by atoms with Crippen molar-refractivity contribution in [2.24, 2.45) is 16.6 Å². The molecule has 3 N–H and O–H groups in total. The van der Waals surface area contributed by atoms with E-state index >= 15 is 0 Å². The van der Waals surface area contributed by atoms with Crippen molar-refractivity contribution < 1.29 is 4.74 Å². The third kappa shape index (κ3) is 5.36. The number of rotatable bonds is 8. The van der Waals surface area contributed by atoms with Gasteiger partial charge in [0.2, 0.25) is 0 Å². The number of anilines is 1. The molecule has 3 rings (SSSR count). The van der Waals surface area contributed by atoms with Gasteiger partial charge in [0, 0.05) is 40.9 Å². The Hall–Kier alpha value is -2.79. The van der Waals surface area contributed by atoms with Crippen molar-refractivity contribution in [2.45, 2.75) is 13.8 Å². The Balaban J connectivity index is 1.52. The van der Waals surface area contributed by atoms with Gasteiger partial charge in [0.25, 0.3) is 0 Å². The van der Waals surface area contributed by atoms with E-state index in [4.69, 9.17) is 22.1 Å². The predicted molar refractivity (Wildman–Crippen MR) is 118 cm³/mol. The summed E-state index contributed by atoms with van der Waals surface area (Å²) in [6.07, 6.45) is 1.77. The molecular weight excluding hydrogens is 372 g/mol. The van der Waals surface area contributed by atoms with Crippen molar-refractivity contribution in [1.29, 1.82) is 0 Å².